The molecule has 0 spiro atoms. The second-order valence-corrected chi connectivity index (χ2v) is 9.59. The zero-order valence-electron chi connectivity index (χ0n) is 20.1. The van der Waals surface area contributed by atoms with Gasteiger partial charge in [0.25, 0.3) is 0 Å². The van der Waals surface area contributed by atoms with E-state index in [2.05, 4.69) is 26.8 Å². The highest BCUT2D eigenvalue weighted by Gasteiger charge is 2.29. The molecule has 1 fully saturated rings. The molecule has 0 aromatic rings. The molecular weight excluding hydrogens is 376 g/mol. The second-order valence-electron chi connectivity index (χ2n) is 9.59. The van der Waals surface area contributed by atoms with Crippen LogP contribution in [0.1, 0.15) is 111 Å². The van der Waals surface area contributed by atoms with Crippen molar-refractivity contribution in [2.75, 3.05) is 6.61 Å². The SMILES string of the molecule is CCCCCC(O)CC=C1CC[C@@H](O)[C@@H]1CCCCCC(CC(C)C)C(=O)OCC. The third-order valence-electron chi connectivity index (χ3n) is 6.41. The van der Waals surface area contributed by atoms with Crippen LogP contribution in [0.3, 0.4) is 0 Å². The van der Waals surface area contributed by atoms with E-state index in [1.165, 1.54) is 18.4 Å². The predicted octanol–water partition coefficient (Wildman–Crippen LogP) is 6.19. The average molecular weight is 425 g/mol. The number of rotatable bonds is 16. The molecular formula is C26H48O4. The Morgan fingerprint density at radius 1 is 1.13 bits per heavy atom. The van der Waals surface area contributed by atoms with E-state index in [0.29, 0.717) is 12.5 Å². The van der Waals surface area contributed by atoms with E-state index in [4.69, 9.17) is 4.74 Å². The van der Waals surface area contributed by atoms with Crippen LogP contribution < -0.4 is 0 Å². The standard InChI is InChI=1S/C26H48O4/c1-5-7-9-13-23(27)17-15-21-16-18-25(28)24(21)14-11-8-10-12-22(19-20(3)4)26(29)30-6-2/h15,20,22-25,27-28H,5-14,16-19H2,1-4H3/t22?,23?,24-,25-/m1/s1. The maximum atomic E-state index is 12.2. The maximum absolute atomic E-state index is 12.2. The van der Waals surface area contributed by atoms with Gasteiger partial charge >= 0.3 is 5.97 Å². The Morgan fingerprint density at radius 2 is 1.87 bits per heavy atom. The summed E-state index contributed by atoms with van der Waals surface area (Å²) < 4.78 is 5.25. The summed E-state index contributed by atoms with van der Waals surface area (Å²) in [4.78, 5) is 12.2. The normalized spacial score (nSPS) is 22.6. The molecule has 0 aliphatic heterocycles. The van der Waals surface area contributed by atoms with Crippen LogP contribution in [0.5, 0.6) is 0 Å². The van der Waals surface area contributed by atoms with Gasteiger partial charge in [0.15, 0.2) is 0 Å². The van der Waals surface area contributed by atoms with Gasteiger partial charge < -0.3 is 14.9 Å². The summed E-state index contributed by atoms with van der Waals surface area (Å²) in [6.45, 7) is 8.81. The Morgan fingerprint density at radius 3 is 2.53 bits per heavy atom. The van der Waals surface area contributed by atoms with Gasteiger partial charge in [0.1, 0.15) is 0 Å². The van der Waals surface area contributed by atoms with Gasteiger partial charge in [-0.15, -0.1) is 0 Å². The van der Waals surface area contributed by atoms with Crippen LogP contribution in [0.25, 0.3) is 0 Å². The molecule has 2 unspecified atom stereocenters. The van der Waals surface area contributed by atoms with Crippen molar-refractivity contribution in [3.63, 3.8) is 0 Å². The zero-order valence-corrected chi connectivity index (χ0v) is 20.1. The molecule has 0 amide bonds. The lowest BCUT2D eigenvalue weighted by Gasteiger charge is -2.19. The first kappa shape index (κ1) is 27.2. The van der Waals surface area contributed by atoms with Gasteiger partial charge in [-0.2, -0.15) is 0 Å². The molecule has 1 saturated carbocycles. The van der Waals surface area contributed by atoms with Crippen molar-refractivity contribution in [2.24, 2.45) is 17.8 Å². The molecule has 0 radical (unpaired) electrons. The number of ether oxygens (including phenoxy) is 1. The summed E-state index contributed by atoms with van der Waals surface area (Å²) in [7, 11) is 0. The lowest BCUT2D eigenvalue weighted by atomic mass is 9.90. The van der Waals surface area contributed by atoms with Gasteiger partial charge in [0, 0.05) is 5.92 Å². The highest BCUT2D eigenvalue weighted by Crippen LogP contribution is 2.36. The minimum absolute atomic E-state index is 0.0201. The number of aliphatic hydroxyl groups excluding tert-OH is 2. The highest BCUT2D eigenvalue weighted by atomic mass is 16.5. The third kappa shape index (κ3) is 10.9. The van der Waals surface area contributed by atoms with E-state index in [1.54, 1.807) is 0 Å². The van der Waals surface area contributed by atoms with E-state index >= 15 is 0 Å². The Balaban J connectivity index is 2.38. The number of aliphatic hydroxyl groups is 2. The molecule has 4 heteroatoms. The van der Waals surface area contributed by atoms with Crippen molar-refractivity contribution in [1.82, 2.24) is 0 Å². The minimum Gasteiger partial charge on any atom is -0.466 e. The molecule has 4 atom stereocenters. The molecule has 1 aliphatic rings. The number of unbranched alkanes of at least 4 members (excludes halogenated alkanes) is 4. The fourth-order valence-electron chi connectivity index (χ4n) is 4.71. The van der Waals surface area contributed by atoms with Gasteiger partial charge in [-0.1, -0.05) is 70.9 Å². The van der Waals surface area contributed by atoms with Gasteiger partial charge in [-0.25, -0.2) is 0 Å². The summed E-state index contributed by atoms with van der Waals surface area (Å²) in [5.41, 5.74) is 1.35. The minimum atomic E-state index is -0.247. The quantitative estimate of drug-likeness (QED) is 0.176. The number of hydrogen-bond acceptors (Lipinski definition) is 4. The number of esters is 1. The van der Waals surface area contributed by atoms with Crippen molar-refractivity contribution in [2.45, 2.75) is 123 Å². The van der Waals surface area contributed by atoms with Crippen molar-refractivity contribution in [3.8, 4) is 0 Å². The van der Waals surface area contributed by atoms with Crippen LogP contribution in [0.15, 0.2) is 11.6 Å². The lowest BCUT2D eigenvalue weighted by Crippen LogP contribution is -2.19. The van der Waals surface area contributed by atoms with Crippen molar-refractivity contribution in [3.05, 3.63) is 11.6 Å². The molecule has 176 valence electrons. The Bertz CT molecular complexity index is 485. The van der Waals surface area contributed by atoms with Crippen LogP contribution in [0.2, 0.25) is 0 Å². The lowest BCUT2D eigenvalue weighted by molar-refractivity contribution is -0.148. The first-order valence-electron chi connectivity index (χ1n) is 12.6. The molecule has 0 saturated heterocycles. The van der Waals surface area contributed by atoms with Crippen LogP contribution in [0.4, 0.5) is 0 Å². The predicted molar refractivity (Wildman–Crippen MR) is 124 cm³/mol. The molecule has 1 aliphatic carbocycles. The second kappa shape index (κ2) is 15.9. The Kier molecular flexibility index (Phi) is 14.4. The molecule has 0 aromatic carbocycles. The molecule has 2 N–H and O–H groups in total. The summed E-state index contributed by atoms with van der Waals surface area (Å²) in [6.07, 6.45) is 14.6. The first-order valence-corrected chi connectivity index (χ1v) is 12.6. The first-order chi connectivity index (χ1) is 14.4. The van der Waals surface area contributed by atoms with Crippen LogP contribution in [-0.2, 0) is 9.53 Å². The van der Waals surface area contributed by atoms with E-state index in [-0.39, 0.29) is 30.0 Å². The van der Waals surface area contributed by atoms with Gasteiger partial charge in [0.2, 0.25) is 0 Å². The van der Waals surface area contributed by atoms with Crippen LogP contribution in [0, 0.1) is 17.8 Å². The van der Waals surface area contributed by atoms with Gasteiger partial charge in [0.05, 0.1) is 24.7 Å². The zero-order chi connectivity index (χ0) is 22.4. The molecule has 0 heterocycles. The van der Waals surface area contributed by atoms with Crippen molar-refractivity contribution >= 4 is 5.97 Å². The molecule has 1 rings (SSSR count). The Labute approximate surface area is 185 Å². The molecule has 0 aromatic heterocycles. The van der Waals surface area contributed by atoms with E-state index in [9.17, 15) is 15.0 Å². The van der Waals surface area contributed by atoms with Crippen molar-refractivity contribution < 1.29 is 19.7 Å². The average Bonchev–Trinajstić information content (AvgIpc) is 3.05. The fourth-order valence-corrected chi connectivity index (χ4v) is 4.71. The van der Waals surface area contributed by atoms with Gasteiger partial charge in [-0.05, 0) is 57.8 Å². The van der Waals surface area contributed by atoms with Crippen LogP contribution >= 0.6 is 0 Å². The third-order valence-corrected chi connectivity index (χ3v) is 6.41. The van der Waals surface area contributed by atoms with E-state index < -0.39 is 0 Å². The van der Waals surface area contributed by atoms with Gasteiger partial charge in [-0.3, -0.25) is 4.79 Å². The number of hydrogen-bond donors (Lipinski definition) is 2. The Hall–Kier alpha value is -0.870. The number of carbonyl (C=O) groups excluding carboxylic acids is 1. The fraction of sp³-hybridized carbons (Fsp3) is 0.885. The monoisotopic (exact) mass is 424 g/mol. The molecule has 4 nitrogen and oxygen atoms in total. The van der Waals surface area contributed by atoms with Crippen LogP contribution in [-0.4, -0.2) is 35.0 Å². The number of carbonyl (C=O) groups is 1. The summed E-state index contributed by atoms with van der Waals surface area (Å²) in [5.74, 6) is 0.731. The van der Waals surface area contributed by atoms with E-state index in [1.807, 2.05) is 6.92 Å². The smallest absolute Gasteiger partial charge is 0.308 e. The topological polar surface area (TPSA) is 66.8 Å². The van der Waals surface area contributed by atoms with Crippen molar-refractivity contribution in [1.29, 1.82) is 0 Å². The summed E-state index contributed by atoms with van der Waals surface area (Å²) in [5, 5.41) is 20.6. The van der Waals surface area contributed by atoms with E-state index in [0.717, 1.165) is 70.6 Å². The summed E-state index contributed by atoms with van der Waals surface area (Å²) >= 11 is 0. The maximum Gasteiger partial charge on any atom is 0.308 e. The highest BCUT2D eigenvalue weighted by molar-refractivity contribution is 5.72. The molecule has 0 bridgehead atoms. The summed E-state index contributed by atoms with van der Waals surface area (Å²) in [6, 6.07) is 0. The largest absolute Gasteiger partial charge is 0.466 e. The molecule has 30 heavy (non-hydrogen) atoms.